The van der Waals surface area contributed by atoms with Crippen LogP contribution >= 0.6 is 0 Å². The topological polar surface area (TPSA) is 69.2 Å². The molecule has 106 valence electrons. The summed E-state index contributed by atoms with van der Waals surface area (Å²) >= 11 is 0. The highest BCUT2D eigenvalue weighted by atomic mass is 16.4. The molecule has 1 saturated heterocycles. The molecule has 20 heavy (non-hydrogen) atoms. The summed E-state index contributed by atoms with van der Waals surface area (Å²) in [6, 6.07) is 5.00. The Hall–Kier alpha value is -1.88. The fraction of sp³-hybridized carbons (Fsp3) is 0.467. The Morgan fingerprint density at radius 2 is 2.40 bits per heavy atom. The zero-order valence-electron chi connectivity index (χ0n) is 11.6. The maximum absolute atomic E-state index is 11.0. The Bertz CT molecular complexity index is 635. The number of hydrogen-bond donors (Lipinski definition) is 2. The van der Waals surface area contributed by atoms with Crippen LogP contribution in [-0.2, 0) is 6.54 Å². The van der Waals surface area contributed by atoms with Gasteiger partial charge in [0.1, 0.15) is 5.82 Å². The monoisotopic (exact) mass is 273 g/mol. The average Bonchev–Trinajstić information content (AvgIpc) is 2.79. The van der Waals surface area contributed by atoms with Crippen LogP contribution < -0.4 is 0 Å². The van der Waals surface area contributed by atoms with Crippen LogP contribution in [0.3, 0.4) is 0 Å². The molecule has 1 aliphatic heterocycles. The van der Waals surface area contributed by atoms with Crippen molar-refractivity contribution in [1.82, 2.24) is 14.9 Å². The minimum absolute atomic E-state index is 0.291. The van der Waals surface area contributed by atoms with Gasteiger partial charge in [0.25, 0.3) is 0 Å². The summed E-state index contributed by atoms with van der Waals surface area (Å²) in [5.41, 5.74) is 1.92. The number of carboxylic acid groups (broad SMARTS) is 1. The Morgan fingerprint density at radius 3 is 3.15 bits per heavy atom. The molecule has 5 nitrogen and oxygen atoms in total. The predicted octanol–water partition coefficient (Wildman–Crippen LogP) is 2.49. The summed E-state index contributed by atoms with van der Waals surface area (Å²) in [6.07, 6.45) is 2.54. The first kappa shape index (κ1) is 13.1. The van der Waals surface area contributed by atoms with E-state index in [9.17, 15) is 4.79 Å². The molecule has 1 fully saturated rings. The number of likely N-dealkylation sites (tertiary alicyclic amines) is 1. The van der Waals surface area contributed by atoms with Crippen molar-refractivity contribution in [2.24, 2.45) is 5.92 Å². The lowest BCUT2D eigenvalue weighted by Crippen LogP contribution is -2.34. The minimum Gasteiger partial charge on any atom is -0.478 e. The number of rotatable bonds is 3. The van der Waals surface area contributed by atoms with Gasteiger partial charge in [-0.15, -0.1) is 0 Å². The van der Waals surface area contributed by atoms with Crippen LogP contribution in [-0.4, -0.2) is 39.0 Å². The highest BCUT2D eigenvalue weighted by Crippen LogP contribution is 2.19. The molecule has 0 aliphatic carbocycles. The molecule has 0 bridgehead atoms. The third-order valence-electron chi connectivity index (χ3n) is 3.89. The van der Waals surface area contributed by atoms with Crippen LogP contribution in [0.15, 0.2) is 18.2 Å². The van der Waals surface area contributed by atoms with E-state index >= 15 is 0 Å². The van der Waals surface area contributed by atoms with Crippen LogP contribution in [0.4, 0.5) is 0 Å². The quantitative estimate of drug-likeness (QED) is 0.901. The smallest absolute Gasteiger partial charge is 0.335 e. The minimum atomic E-state index is -0.909. The third-order valence-corrected chi connectivity index (χ3v) is 3.89. The predicted molar refractivity (Wildman–Crippen MR) is 76.7 cm³/mol. The third kappa shape index (κ3) is 2.67. The maximum Gasteiger partial charge on any atom is 0.335 e. The van der Waals surface area contributed by atoms with E-state index in [2.05, 4.69) is 21.8 Å². The summed E-state index contributed by atoms with van der Waals surface area (Å²) in [5, 5.41) is 9.00. The summed E-state index contributed by atoms with van der Waals surface area (Å²) in [4.78, 5) is 21.1. The molecule has 1 atom stereocenters. The number of aromatic carboxylic acids is 1. The average molecular weight is 273 g/mol. The first-order chi connectivity index (χ1) is 9.61. The lowest BCUT2D eigenvalue weighted by atomic mass is 10.0. The Morgan fingerprint density at radius 1 is 1.55 bits per heavy atom. The fourth-order valence-electron chi connectivity index (χ4n) is 2.91. The van der Waals surface area contributed by atoms with Crippen LogP contribution in [0.5, 0.6) is 0 Å². The van der Waals surface area contributed by atoms with Gasteiger partial charge in [-0.05, 0) is 43.5 Å². The molecular weight excluding hydrogens is 254 g/mol. The van der Waals surface area contributed by atoms with E-state index in [1.807, 2.05) is 0 Å². The van der Waals surface area contributed by atoms with Crippen molar-refractivity contribution in [2.45, 2.75) is 26.3 Å². The van der Waals surface area contributed by atoms with Crippen molar-refractivity contribution in [3.05, 3.63) is 29.6 Å². The highest BCUT2D eigenvalue weighted by Gasteiger charge is 2.17. The van der Waals surface area contributed by atoms with Gasteiger partial charge in [0.15, 0.2) is 0 Å². The van der Waals surface area contributed by atoms with Gasteiger partial charge in [-0.25, -0.2) is 9.78 Å². The van der Waals surface area contributed by atoms with Crippen molar-refractivity contribution in [3.63, 3.8) is 0 Å². The van der Waals surface area contributed by atoms with Gasteiger partial charge in [0.05, 0.1) is 23.1 Å². The van der Waals surface area contributed by atoms with Crippen LogP contribution in [0, 0.1) is 5.92 Å². The highest BCUT2D eigenvalue weighted by molar-refractivity contribution is 5.92. The van der Waals surface area contributed by atoms with E-state index in [1.165, 1.54) is 12.8 Å². The van der Waals surface area contributed by atoms with Gasteiger partial charge in [0, 0.05) is 6.54 Å². The second kappa shape index (κ2) is 5.25. The fourth-order valence-corrected chi connectivity index (χ4v) is 2.91. The summed E-state index contributed by atoms with van der Waals surface area (Å²) < 4.78 is 0. The number of nitrogens with zero attached hydrogens (tertiary/aromatic N) is 2. The van der Waals surface area contributed by atoms with Crippen LogP contribution in [0.1, 0.15) is 35.9 Å². The largest absolute Gasteiger partial charge is 0.478 e. The molecule has 2 heterocycles. The van der Waals surface area contributed by atoms with Gasteiger partial charge in [0.2, 0.25) is 0 Å². The first-order valence-corrected chi connectivity index (χ1v) is 7.06. The molecule has 3 rings (SSSR count). The maximum atomic E-state index is 11.0. The molecule has 0 saturated carbocycles. The number of hydrogen-bond acceptors (Lipinski definition) is 3. The van der Waals surface area contributed by atoms with Gasteiger partial charge in [-0.2, -0.15) is 0 Å². The number of fused-ring (bicyclic) bond motifs is 1. The number of imidazole rings is 1. The molecule has 0 spiro atoms. The number of nitrogens with one attached hydrogen (secondary N) is 1. The van der Waals surface area contributed by atoms with Crippen molar-refractivity contribution < 1.29 is 9.90 Å². The van der Waals surface area contributed by atoms with Crippen LogP contribution in [0.2, 0.25) is 0 Å². The standard InChI is InChI=1S/C15H19N3O2/c1-10-3-2-6-18(8-10)9-14-16-12-5-4-11(15(19)20)7-13(12)17-14/h4-5,7,10H,2-3,6,8-9H2,1H3,(H,16,17)(H,19,20)/t10-/m0/s1. The SMILES string of the molecule is C[C@H]1CCCN(Cc2nc3ccc(C(=O)O)cc3[nH]2)C1. The number of carbonyl (C=O) groups is 1. The van der Waals surface area contributed by atoms with E-state index < -0.39 is 5.97 Å². The van der Waals surface area contributed by atoms with Gasteiger partial charge in [-0.3, -0.25) is 4.90 Å². The Balaban J connectivity index is 1.80. The second-order valence-electron chi connectivity index (χ2n) is 5.70. The van der Waals surface area contributed by atoms with Crippen molar-refractivity contribution in [2.75, 3.05) is 13.1 Å². The lowest BCUT2D eigenvalue weighted by Gasteiger charge is -2.29. The number of benzene rings is 1. The molecule has 2 N–H and O–H groups in total. The van der Waals surface area contributed by atoms with E-state index in [-0.39, 0.29) is 0 Å². The molecule has 1 aromatic carbocycles. The molecule has 1 aliphatic rings. The number of H-pyrrole nitrogens is 1. The summed E-state index contributed by atoms with van der Waals surface area (Å²) in [5.74, 6) is 0.747. The normalized spacial score (nSPS) is 20.4. The van der Waals surface area contributed by atoms with E-state index in [0.717, 1.165) is 42.4 Å². The lowest BCUT2D eigenvalue weighted by molar-refractivity contribution is 0.0697. The van der Waals surface area contributed by atoms with Crippen molar-refractivity contribution >= 4 is 17.0 Å². The Kier molecular flexibility index (Phi) is 3.44. The van der Waals surface area contributed by atoms with Gasteiger partial charge >= 0.3 is 5.97 Å². The van der Waals surface area contributed by atoms with Crippen molar-refractivity contribution in [3.8, 4) is 0 Å². The zero-order chi connectivity index (χ0) is 14.1. The second-order valence-corrected chi connectivity index (χ2v) is 5.70. The van der Waals surface area contributed by atoms with Gasteiger partial charge < -0.3 is 10.1 Å². The molecule has 2 aromatic rings. The number of carboxylic acids is 1. The van der Waals surface area contributed by atoms with Crippen LogP contribution in [0.25, 0.3) is 11.0 Å². The molecule has 1 aromatic heterocycles. The molecular formula is C15H19N3O2. The number of aromatic amines is 1. The summed E-state index contributed by atoms with van der Waals surface area (Å²) in [6.45, 7) is 5.31. The zero-order valence-corrected chi connectivity index (χ0v) is 11.6. The molecule has 5 heteroatoms. The molecule has 0 amide bonds. The summed E-state index contributed by atoms with van der Waals surface area (Å²) in [7, 11) is 0. The number of aromatic nitrogens is 2. The number of piperidine rings is 1. The van der Waals surface area contributed by atoms with Gasteiger partial charge in [-0.1, -0.05) is 6.92 Å². The Labute approximate surface area is 117 Å². The first-order valence-electron chi connectivity index (χ1n) is 7.06. The molecule has 0 radical (unpaired) electrons. The van der Waals surface area contributed by atoms with E-state index in [0.29, 0.717) is 5.56 Å². The van der Waals surface area contributed by atoms with E-state index in [1.54, 1.807) is 18.2 Å². The van der Waals surface area contributed by atoms with Crippen molar-refractivity contribution in [1.29, 1.82) is 0 Å². The van der Waals surface area contributed by atoms with E-state index in [4.69, 9.17) is 5.11 Å². The molecule has 0 unspecified atom stereocenters.